The number of fused-ring (bicyclic) bond motifs is 1. The number of benzene rings is 1. The highest BCUT2D eigenvalue weighted by molar-refractivity contribution is 6.36. The molecule has 2 aliphatic heterocycles. The molecule has 1 fully saturated rings. The van der Waals surface area contributed by atoms with Crippen molar-refractivity contribution >= 4 is 58.6 Å². The first-order chi connectivity index (χ1) is 16.6. The van der Waals surface area contributed by atoms with Crippen LogP contribution in [0, 0.1) is 0 Å². The quantitative estimate of drug-likeness (QED) is 0.231. The Bertz CT molecular complexity index is 1190. The fourth-order valence-corrected chi connectivity index (χ4v) is 4.51. The van der Waals surface area contributed by atoms with Crippen molar-refractivity contribution < 1.29 is 38.2 Å². The van der Waals surface area contributed by atoms with Crippen molar-refractivity contribution in [1.29, 1.82) is 0 Å². The lowest BCUT2D eigenvalue weighted by Gasteiger charge is -2.23. The van der Waals surface area contributed by atoms with Gasteiger partial charge < -0.3 is 14.2 Å². The number of aromatic nitrogens is 2. The van der Waals surface area contributed by atoms with Crippen LogP contribution < -0.4 is 4.90 Å². The Morgan fingerprint density at radius 2 is 1.71 bits per heavy atom. The second-order valence-corrected chi connectivity index (χ2v) is 8.53. The van der Waals surface area contributed by atoms with Gasteiger partial charge in [0.1, 0.15) is 18.1 Å². The van der Waals surface area contributed by atoms with Crippen LogP contribution >= 0.6 is 23.2 Å². The number of ether oxygens (including phenoxy) is 3. The van der Waals surface area contributed by atoms with E-state index in [0.717, 1.165) is 4.90 Å². The number of imidazole rings is 1. The summed E-state index contributed by atoms with van der Waals surface area (Å²) in [6.45, 7) is 2.10. The smallest absolute Gasteiger partial charge is 0.303 e. The van der Waals surface area contributed by atoms with Gasteiger partial charge >= 0.3 is 11.9 Å². The molecule has 184 valence electrons. The third-order valence-corrected chi connectivity index (χ3v) is 6.16. The van der Waals surface area contributed by atoms with Gasteiger partial charge in [0.15, 0.2) is 29.6 Å². The molecule has 1 aromatic carbocycles. The minimum atomic E-state index is -1.16. The molecule has 0 unspecified atom stereocenters. The molecule has 3 heterocycles. The Balaban J connectivity index is 1.78. The molecule has 0 radical (unpaired) electrons. The number of imide groups is 1. The Labute approximate surface area is 208 Å². The first-order valence-electron chi connectivity index (χ1n) is 10.4. The zero-order chi connectivity index (χ0) is 25.4. The number of halogens is 2. The van der Waals surface area contributed by atoms with Gasteiger partial charge in [-0.1, -0.05) is 12.1 Å². The molecule has 1 aromatic heterocycles. The van der Waals surface area contributed by atoms with Crippen molar-refractivity contribution in [2.45, 2.75) is 37.7 Å². The summed E-state index contributed by atoms with van der Waals surface area (Å²) in [6, 6.07) is 6.19. The van der Waals surface area contributed by atoms with Crippen LogP contribution in [-0.4, -0.2) is 69.2 Å². The van der Waals surface area contributed by atoms with Gasteiger partial charge in [0.2, 0.25) is 0 Å². The summed E-state index contributed by atoms with van der Waals surface area (Å²) >= 11 is 12.4. The van der Waals surface area contributed by atoms with Gasteiger partial charge in [-0.15, -0.1) is 23.2 Å². The van der Waals surface area contributed by atoms with Crippen molar-refractivity contribution in [3.05, 3.63) is 47.4 Å². The molecule has 0 aliphatic carbocycles. The Morgan fingerprint density at radius 3 is 2.26 bits per heavy atom. The summed E-state index contributed by atoms with van der Waals surface area (Å²) in [5.74, 6) is -3.88. The van der Waals surface area contributed by atoms with E-state index in [1.165, 1.54) is 36.9 Å². The van der Waals surface area contributed by atoms with E-state index in [1.807, 2.05) is 0 Å². The van der Waals surface area contributed by atoms with Gasteiger partial charge in [0, 0.05) is 13.8 Å². The Hall–Kier alpha value is -3.28. The lowest BCUT2D eigenvalue weighted by molar-refractivity contribution is -0.155. The molecule has 0 saturated carbocycles. The van der Waals surface area contributed by atoms with E-state index in [1.54, 1.807) is 12.1 Å². The number of rotatable bonds is 7. The highest BCUT2D eigenvalue weighted by Gasteiger charge is 2.50. The normalized spacial score (nSPS) is 23.4. The van der Waals surface area contributed by atoms with Gasteiger partial charge in [-0.05, 0) is 12.1 Å². The average Bonchev–Trinajstić information content (AvgIpc) is 3.45. The molecule has 0 N–H and O–H groups in total. The molecule has 4 rings (SSSR count). The maximum absolute atomic E-state index is 13.2. The number of hydrogen-bond acceptors (Lipinski definition) is 9. The topological polar surface area (TPSA) is 134 Å². The molecule has 1 saturated heterocycles. The maximum atomic E-state index is 13.2. The van der Waals surface area contributed by atoms with Gasteiger partial charge in [-0.25, -0.2) is 9.88 Å². The summed E-state index contributed by atoms with van der Waals surface area (Å²) in [4.78, 5) is 66.8. The Kier molecular flexibility index (Phi) is 6.93. The number of amides is 2. The van der Waals surface area contributed by atoms with Crippen molar-refractivity contribution in [3.63, 3.8) is 0 Å². The SMILES string of the molecule is CC(=O)OC[C@H]1O[C@@H](n2cnc(C(=O)CCl)c2N2C(=O)c3ccccc3C2=O)[C@H](Cl)[C@@H]1OC(C)=O. The zero-order valence-electron chi connectivity index (χ0n) is 18.5. The number of Topliss-reactive ketones (excluding diaryl/α,β-unsaturated/α-hetero) is 1. The summed E-state index contributed by atoms with van der Waals surface area (Å²) in [5, 5.41) is -1.07. The van der Waals surface area contributed by atoms with Gasteiger partial charge in [-0.3, -0.25) is 28.5 Å². The molecule has 4 atom stereocenters. The van der Waals surface area contributed by atoms with E-state index in [0.29, 0.717) is 0 Å². The van der Waals surface area contributed by atoms with E-state index in [4.69, 9.17) is 37.4 Å². The van der Waals surface area contributed by atoms with E-state index >= 15 is 0 Å². The number of nitrogens with zero attached hydrogens (tertiary/aromatic N) is 3. The van der Waals surface area contributed by atoms with Gasteiger partial charge in [0.25, 0.3) is 11.8 Å². The van der Waals surface area contributed by atoms with E-state index in [9.17, 15) is 24.0 Å². The zero-order valence-corrected chi connectivity index (χ0v) is 20.0. The summed E-state index contributed by atoms with van der Waals surface area (Å²) in [7, 11) is 0. The van der Waals surface area contributed by atoms with Crippen LogP contribution in [0.5, 0.6) is 0 Å². The van der Waals surface area contributed by atoms with E-state index in [-0.39, 0.29) is 29.2 Å². The molecule has 2 aromatic rings. The number of hydrogen-bond donors (Lipinski definition) is 0. The standard InChI is InChI=1S/C22H19Cl2N3O8/c1-10(28)33-8-15-18(34-11(2)29)16(24)22(35-15)26-9-25-17(14(30)7-23)19(26)27-20(31)12-5-3-4-6-13(12)21(27)32/h3-6,9,15-16,18,22H,7-8H2,1-2H3/t15-,16-,18-,22-/m1/s1. The Morgan fingerprint density at radius 1 is 1.09 bits per heavy atom. The van der Waals surface area contributed by atoms with Crippen LogP contribution in [0.4, 0.5) is 5.82 Å². The van der Waals surface area contributed by atoms with Crippen LogP contribution in [0.1, 0.15) is 51.3 Å². The second-order valence-electron chi connectivity index (χ2n) is 7.76. The molecule has 13 heteroatoms. The molecular weight excluding hydrogens is 505 g/mol. The first-order valence-corrected chi connectivity index (χ1v) is 11.4. The molecular formula is C22H19Cl2N3O8. The number of carbonyl (C=O) groups excluding carboxylic acids is 5. The predicted molar refractivity (Wildman–Crippen MR) is 121 cm³/mol. The van der Waals surface area contributed by atoms with Crippen molar-refractivity contribution in [2.75, 3.05) is 17.4 Å². The van der Waals surface area contributed by atoms with Gasteiger partial charge in [0.05, 0.1) is 23.3 Å². The van der Waals surface area contributed by atoms with E-state index in [2.05, 4.69) is 4.98 Å². The number of esters is 2. The fourth-order valence-electron chi connectivity index (χ4n) is 3.99. The van der Waals surface area contributed by atoms with Crippen LogP contribution in [0.2, 0.25) is 0 Å². The fraction of sp³-hybridized carbons (Fsp3) is 0.364. The van der Waals surface area contributed by atoms with Crippen LogP contribution in [0.3, 0.4) is 0 Å². The predicted octanol–water partition coefficient (Wildman–Crippen LogP) is 2.10. The highest BCUT2D eigenvalue weighted by atomic mass is 35.5. The molecule has 0 spiro atoms. The molecule has 2 aliphatic rings. The molecule has 2 amide bonds. The highest BCUT2D eigenvalue weighted by Crippen LogP contribution is 2.40. The minimum absolute atomic E-state index is 0.148. The number of carbonyl (C=O) groups is 5. The minimum Gasteiger partial charge on any atom is -0.463 e. The summed E-state index contributed by atoms with van der Waals surface area (Å²) in [6.07, 6.45) is -2.01. The van der Waals surface area contributed by atoms with E-state index < -0.39 is 59.2 Å². The number of anilines is 1. The first kappa shape index (κ1) is 24.8. The van der Waals surface area contributed by atoms with Gasteiger partial charge in [-0.2, -0.15) is 0 Å². The lowest BCUT2D eigenvalue weighted by atomic mass is 10.1. The number of ketones is 1. The van der Waals surface area contributed by atoms with Crippen molar-refractivity contribution in [1.82, 2.24) is 9.55 Å². The summed E-state index contributed by atoms with van der Waals surface area (Å²) in [5.41, 5.74) is 0.0547. The summed E-state index contributed by atoms with van der Waals surface area (Å²) < 4.78 is 17.5. The van der Waals surface area contributed by atoms with Crippen molar-refractivity contribution in [2.24, 2.45) is 0 Å². The molecule has 0 bridgehead atoms. The van der Waals surface area contributed by atoms with Crippen LogP contribution in [0.15, 0.2) is 30.6 Å². The number of alkyl halides is 2. The third-order valence-electron chi connectivity index (χ3n) is 5.45. The molecule has 11 nitrogen and oxygen atoms in total. The monoisotopic (exact) mass is 523 g/mol. The second kappa shape index (κ2) is 9.76. The average molecular weight is 524 g/mol. The van der Waals surface area contributed by atoms with Crippen LogP contribution in [-0.2, 0) is 23.8 Å². The van der Waals surface area contributed by atoms with Crippen molar-refractivity contribution in [3.8, 4) is 0 Å². The lowest BCUT2D eigenvalue weighted by Crippen LogP contribution is -2.36. The van der Waals surface area contributed by atoms with Crippen LogP contribution in [0.25, 0.3) is 0 Å². The maximum Gasteiger partial charge on any atom is 0.303 e. The third kappa shape index (κ3) is 4.42. The molecule has 35 heavy (non-hydrogen) atoms. The largest absolute Gasteiger partial charge is 0.463 e.